The summed E-state index contributed by atoms with van der Waals surface area (Å²) in [6.45, 7) is 7.63. The molecule has 0 N–H and O–H groups in total. The molecular formula is C8H6Br2. The van der Waals surface area contributed by atoms with E-state index in [2.05, 4.69) is 45.7 Å². The maximum Gasteiger partial charge on any atom is 0.0218 e. The van der Waals surface area contributed by atoms with Crippen molar-refractivity contribution in [1.82, 2.24) is 0 Å². The molecule has 0 aliphatic rings. The van der Waals surface area contributed by atoms with Crippen LogP contribution >= 0.6 is 31.9 Å². The molecule has 1 rings (SSSR count). The van der Waals surface area contributed by atoms with Gasteiger partial charge in [-0.15, -0.1) is 0 Å². The zero-order valence-corrected chi connectivity index (χ0v) is 8.50. The average molecular weight is 262 g/mol. The van der Waals surface area contributed by atoms with E-state index in [1.165, 1.54) is 0 Å². The largest absolute Gasteiger partial charge is 0.0535 e. The maximum absolute atomic E-state index is 3.81. The Labute approximate surface area is 77.9 Å². The Balaban J connectivity index is 3.28. The molecule has 1 aromatic rings. The molecule has 0 saturated carbocycles. The van der Waals surface area contributed by atoms with Crippen LogP contribution in [-0.4, -0.2) is 0 Å². The molecule has 10 heavy (non-hydrogen) atoms. The molecule has 0 unspecified atom stereocenters. The zero-order chi connectivity index (χ0) is 7.72. The Morgan fingerprint density at radius 1 is 0.900 bits per heavy atom. The summed E-state index contributed by atoms with van der Waals surface area (Å²) >= 11 is 6.72. The topological polar surface area (TPSA) is 0 Å². The first kappa shape index (κ1) is 8.28. The lowest BCUT2D eigenvalue weighted by atomic mass is 10.2. The van der Waals surface area contributed by atoms with Gasteiger partial charge < -0.3 is 0 Å². The minimum Gasteiger partial charge on any atom is -0.0535 e. The molecule has 0 atom stereocenters. The summed E-state index contributed by atoms with van der Waals surface area (Å²) in [5.74, 6) is 0. The number of hydrogen-bond donors (Lipinski definition) is 0. The van der Waals surface area contributed by atoms with Gasteiger partial charge in [0.05, 0.1) is 0 Å². The van der Waals surface area contributed by atoms with Crippen LogP contribution in [0.4, 0.5) is 0 Å². The molecular weight excluding hydrogens is 256 g/mol. The molecule has 2 heteroatoms. The van der Waals surface area contributed by atoms with Crippen molar-refractivity contribution in [2.24, 2.45) is 0 Å². The fourth-order valence-electron chi connectivity index (χ4n) is 0.645. The lowest BCUT2D eigenvalue weighted by molar-refractivity contribution is 1.47. The third kappa shape index (κ3) is 1.61. The maximum atomic E-state index is 3.81. The third-order valence-electron chi connectivity index (χ3n) is 1.22. The summed E-state index contributed by atoms with van der Waals surface area (Å²) in [5, 5.41) is 0. The fourth-order valence-corrected chi connectivity index (χ4v) is 1.64. The van der Waals surface area contributed by atoms with E-state index in [4.69, 9.17) is 0 Å². The van der Waals surface area contributed by atoms with Crippen molar-refractivity contribution >= 4 is 31.9 Å². The lowest BCUT2D eigenvalue weighted by Crippen LogP contribution is -1.79. The van der Waals surface area contributed by atoms with Gasteiger partial charge in [0.2, 0.25) is 0 Å². The van der Waals surface area contributed by atoms with Gasteiger partial charge in [-0.3, -0.25) is 0 Å². The van der Waals surface area contributed by atoms with Crippen LogP contribution in [0.2, 0.25) is 0 Å². The highest BCUT2D eigenvalue weighted by Crippen LogP contribution is 2.24. The highest BCUT2D eigenvalue weighted by molar-refractivity contribution is 9.11. The molecule has 0 heterocycles. The van der Waals surface area contributed by atoms with Gasteiger partial charge in [-0.1, -0.05) is 37.9 Å². The van der Waals surface area contributed by atoms with E-state index in [0.29, 0.717) is 0 Å². The van der Waals surface area contributed by atoms with Gasteiger partial charge in [-0.25, -0.2) is 0 Å². The Morgan fingerprint density at radius 3 is 1.60 bits per heavy atom. The molecule has 52 valence electrons. The Hall–Kier alpha value is 0.180. The number of hydrogen-bond acceptors (Lipinski definition) is 0. The fraction of sp³-hybridized carbons (Fsp3) is 0. The molecule has 0 nitrogen and oxygen atoms in total. The lowest BCUT2D eigenvalue weighted by Gasteiger charge is -2.01. The second-order valence-corrected chi connectivity index (χ2v) is 3.74. The minimum atomic E-state index is 0.966. The monoisotopic (exact) mass is 260 g/mol. The van der Waals surface area contributed by atoms with Crippen LogP contribution in [-0.2, 0) is 0 Å². The molecule has 0 aliphatic heterocycles. The molecule has 0 aliphatic carbocycles. The van der Waals surface area contributed by atoms with Crippen molar-refractivity contribution in [2.75, 3.05) is 0 Å². The normalized spacial score (nSPS) is 10.0. The summed E-state index contributed by atoms with van der Waals surface area (Å²) in [5.41, 5.74) is 1.93. The van der Waals surface area contributed by atoms with E-state index in [-0.39, 0.29) is 0 Å². The van der Waals surface area contributed by atoms with E-state index < -0.39 is 0 Å². The summed E-state index contributed by atoms with van der Waals surface area (Å²) < 4.78 is 2.01. The van der Waals surface area contributed by atoms with Crippen LogP contribution in [0.25, 0.3) is 0 Å². The molecule has 2 radical (unpaired) electrons. The molecule has 0 spiro atoms. The van der Waals surface area contributed by atoms with E-state index in [1.807, 2.05) is 12.1 Å². The van der Waals surface area contributed by atoms with Crippen LogP contribution in [0, 0.1) is 13.8 Å². The van der Waals surface area contributed by atoms with Crippen LogP contribution in [0.1, 0.15) is 11.1 Å². The molecule has 1 aromatic carbocycles. The van der Waals surface area contributed by atoms with Gasteiger partial charge >= 0.3 is 0 Å². The SMILES string of the molecule is [CH2]c1cc([CH2])c(Br)cc1Br. The van der Waals surface area contributed by atoms with Crippen LogP contribution < -0.4 is 0 Å². The van der Waals surface area contributed by atoms with Gasteiger partial charge in [0.25, 0.3) is 0 Å². The first-order chi connectivity index (χ1) is 4.61. The highest BCUT2D eigenvalue weighted by atomic mass is 79.9. The summed E-state index contributed by atoms with van der Waals surface area (Å²) in [6.07, 6.45) is 0. The van der Waals surface area contributed by atoms with E-state index in [1.54, 1.807) is 0 Å². The number of halogens is 2. The third-order valence-corrected chi connectivity index (χ3v) is 2.69. The Kier molecular flexibility index (Phi) is 2.53. The predicted molar refractivity (Wildman–Crippen MR) is 50.8 cm³/mol. The van der Waals surface area contributed by atoms with Crippen molar-refractivity contribution in [3.8, 4) is 0 Å². The van der Waals surface area contributed by atoms with E-state index in [9.17, 15) is 0 Å². The van der Waals surface area contributed by atoms with E-state index >= 15 is 0 Å². The summed E-state index contributed by atoms with van der Waals surface area (Å²) in [7, 11) is 0. The minimum absolute atomic E-state index is 0.966. The smallest absolute Gasteiger partial charge is 0.0218 e. The van der Waals surface area contributed by atoms with Crippen molar-refractivity contribution in [1.29, 1.82) is 0 Å². The first-order valence-electron chi connectivity index (χ1n) is 2.74. The van der Waals surface area contributed by atoms with Gasteiger partial charge in [-0.2, -0.15) is 0 Å². The standard InChI is InChI=1S/C8H6Br2/c1-5-3-6(2)8(10)4-7(5)9/h3-4H,1-2H2. The summed E-state index contributed by atoms with van der Waals surface area (Å²) in [4.78, 5) is 0. The molecule has 0 amide bonds. The average Bonchev–Trinajstić information content (AvgIpc) is 1.84. The predicted octanol–water partition coefficient (Wildman–Crippen LogP) is 3.58. The van der Waals surface area contributed by atoms with Crippen LogP contribution in [0.3, 0.4) is 0 Å². The molecule has 0 fully saturated rings. The molecule has 0 aromatic heterocycles. The molecule has 0 saturated heterocycles. The zero-order valence-electron chi connectivity index (χ0n) is 5.32. The quantitative estimate of drug-likeness (QED) is 0.670. The van der Waals surface area contributed by atoms with Crippen molar-refractivity contribution in [3.05, 3.63) is 46.1 Å². The Morgan fingerprint density at radius 2 is 1.30 bits per heavy atom. The van der Waals surface area contributed by atoms with Gasteiger partial charge in [0.1, 0.15) is 0 Å². The van der Waals surface area contributed by atoms with Crippen LogP contribution in [0.15, 0.2) is 21.1 Å². The first-order valence-corrected chi connectivity index (χ1v) is 4.33. The van der Waals surface area contributed by atoms with Gasteiger partial charge in [0.15, 0.2) is 0 Å². The second-order valence-electron chi connectivity index (χ2n) is 2.04. The van der Waals surface area contributed by atoms with Gasteiger partial charge in [-0.05, 0) is 31.0 Å². The Bertz CT molecular complexity index is 203. The second kappa shape index (κ2) is 3.05. The van der Waals surface area contributed by atoms with Gasteiger partial charge in [0, 0.05) is 8.95 Å². The van der Waals surface area contributed by atoms with Crippen molar-refractivity contribution in [3.63, 3.8) is 0 Å². The van der Waals surface area contributed by atoms with Crippen molar-refractivity contribution < 1.29 is 0 Å². The van der Waals surface area contributed by atoms with Crippen LogP contribution in [0.5, 0.6) is 0 Å². The number of rotatable bonds is 0. The van der Waals surface area contributed by atoms with Crippen molar-refractivity contribution in [2.45, 2.75) is 0 Å². The molecule has 0 bridgehead atoms. The van der Waals surface area contributed by atoms with E-state index in [0.717, 1.165) is 20.1 Å². The highest BCUT2D eigenvalue weighted by Gasteiger charge is 1.98. The summed E-state index contributed by atoms with van der Waals surface area (Å²) in [6, 6.07) is 3.87. The number of benzene rings is 1.